The molecule has 12 unspecified atom stereocenters. The number of aliphatic hydroxyl groups is 8. The highest BCUT2D eigenvalue weighted by Gasteiger charge is 2.51. The number of hydrogen-bond acceptors (Lipinski definition) is 13. The first-order valence-corrected chi connectivity index (χ1v) is 29.6. The number of carbonyl (C=O) groups is 1. The summed E-state index contributed by atoms with van der Waals surface area (Å²) >= 11 is 0. The molecule has 424 valence electrons. The first-order valence-electron chi connectivity index (χ1n) is 29.6. The Labute approximate surface area is 437 Å². The third kappa shape index (κ3) is 30.3. The van der Waals surface area contributed by atoms with E-state index in [0.29, 0.717) is 12.8 Å². The van der Waals surface area contributed by atoms with Crippen molar-refractivity contribution >= 4 is 5.91 Å². The number of aliphatic hydroxyl groups excluding tert-OH is 8. The van der Waals surface area contributed by atoms with Gasteiger partial charge in [-0.2, -0.15) is 0 Å². The first-order chi connectivity index (χ1) is 35.1. The maximum Gasteiger partial charge on any atom is 0.220 e. The van der Waals surface area contributed by atoms with Gasteiger partial charge in [0.15, 0.2) is 12.6 Å². The zero-order valence-electron chi connectivity index (χ0n) is 45.4. The summed E-state index contributed by atoms with van der Waals surface area (Å²) in [6, 6.07) is -0.825. The Bertz CT molecular complexity index is 1300. The van der Waals surface area contributed by atoms with Crippen LogP contribution in [0.3, 0.4) is 0 Å². The second kappa shape index (κ2) is 44.6. The second-order valence-corrected chi connectivity index (χ2v) is 21.1. The van der Waals surface area contributed by atoms with E-state index >= 15 is 0 Å². The summed E-state index contributed by atoms with van der Waals surface area (Å²) in [4.78, 5) is 13.2. The van der Waals surface area contributed by atoms with E-state index in [4.69, 9.17) is 18.9 Å². The predicted molar refractivity (Wildman–Crippen MR) is 286 cm³/mol. The van der Waals surface area contributed by atoms with Gasteiger partial charge in [-0.05, 0) is 44.9 Å². The molecule has 2 rings (SSSR count). The molecular weight excluding hydrogens is 919 g/mol. The molecule has 72 heavy (non-hydrogen) atoms. The Morgan fingerprint density at radius 1 is 0.500 bits per heavy atom. The molecule has 0 aromatic heterocycles. The van der Waals surface area contributed by atoms with Crippen molar-refractivity contribution in [1.29, 1.82) is 0 Å². The lowest BCUT2D eigenvalue weighted by atomic mass is 9.97. The standard InChI is InChI=1S/C58H109NO13/c1-3-5-7-9-11-13-15-16-17-18-19-20-21-22-23-24-25-26-27-28-29-30-32-34-36-38-40-42-50(63)59-46(47(62)41-39-37-35-33-31-14-12-10-8-6-4-2)45-69-57-55(68)53(66)56(49(44-61)71-57)72-58-54(67)52(65)51(64)48(43-60)70-58/h15-16,18-19,46-49,51-58,60-62,64-68H,3-14,17,20-45H2,1-2H3,(H,59,63)/b16-15-,19-18-. The molecule has 0 aromatic rings. The van der Waals surface area contributed by atoms with Gasteiger partial charge < -0.3 is 65.1 Å². The molecule has 0 bridgehead atoms. The fourth-order valence-electron chi connectivity index (χ4n) is 9.86. The van der Waals surface area contributed by atoms with Gasteiger partial charge in [-0.25, -0.2) is 0 Å². The Balaban J connectivity index is 1.67. The molecule has 2 aliphatic heterocycles. The van der Waals surface area contributed by atoms with Crippen molar-refractivity contribution in [3.8, 4) is 0 Å². The van der Waals surface area contributed by atoms with Crippen LogP contribution in [0, 0.1) is 0 Å². The van der Waals surface area contributed by atoms with Crippen LogP contribution in [0.15, 0.2) is 24.3 Å². The molecule has 2 aliphatic rings. The number of hydrogen-bond donors (Lipinski definition) is 9. The molecule has 1 amide bonds. The fraction of sp³-hybridized carbons (Fsp3) is 0.914. The molecule has 12 atom stereocenters. The topological polar surface area (TPSA) is 228 Å². The smallest absolute Gasteiger partial charge is 0.220 e. The van der Waals surface area contributed by atoms with Crippen LogP contribution in [0.25, 0.3) is 0 Å². The van der Waals surface area contributed by atoms with Gasteiger partial charge >= 0.3 is 0 Å². The van der Waals surface area contributed by atoms with Crippen molar-refractivity contribution in [3.05, 3.63) is 24.3 Å². The van der Waals surface area contributed by atoms with Crippen molar-refractivity contribution < 1.29 is 64.6 Å². The summed E-state index contributed by atoms with van der Waals surface area (Å²) in [6.07, 6.45) is 34.8. The average molecular weight is 1030 g/mol. The van der Waals surface area contributed by atoms with Crippen LogP contribution in [0.5, 0.6) is 0 Å². The Kier molecular flexibility index (Phi) is 41.2. The minimum atomic E-state index is -1.78. The summed E-state index contributed by atoms with van der Waals surface area (Å²) in [5, 5.41) is 87.0. The number of allylic oxidation sites excluding steroid dienone is 4. The molecule has 2 saturated heterocycles. The monoisotopic (exact) mass is 1030 g/mol. The lowest BCUT2D eigenvalue weighted by Crippen LogP contribution is -2.65. The minimum Gasteiger partial charge on any atom is -0.394 e. The van der Waals surface area contributed by atoms with Gasteiger partial charge in [0.2, 0.25) is 5.91 Å². The molecule has 0 radical (unpaired) electrons. The number of rotatable bonds is 47. The molecule has 0 aromatic carbocycles. The Morgan fingerprint density at radius 3 is 1.39 bits per heavy atom. The van der Waals surface area contributed by atoms with Crippen molar-refractivity contribution in [2.45, 2.75) is 319 Å². The zero-order chi connectivity index (χ0) is 52.4. The van der Waals surface area contributed by atoms with Crippen LogP contribution in [0.1, 0.15) is 245 Å². The molecule has 9 N–H and O–H groups in total. The highest BCUT2D eigenvalue weighted by molar-refractivity contribution is 5.76. The molecule has 0 spiro atoms. The van der Waals surface area contributed by atoms with Crippen molar-refractivity contribution in [2.24, 2.45) is 0 Å². The summed E-state index contributed by atoms with van der Waals surface area (Å²) in [6.45, 7) is 2.85. The van der Waals surface area contributed by atoms with Crippen molar-refractivity contribution in [3.63, 3.8) is 0 Å². The van der Waals surface area contributed by atoms with E-state index in [1.54, 1.807) is 0 Å². The highest BCUT2D eigenvalue weighted by atomic mass is 16.7. The van der Waals surface area contributed by atoms with E-state index < -0.39 is 86.8 Å². The summed E-state index contributed by atoms with van der Waals surface area (Å²) < 4.78 is 22.8. The SMILES string of the molecule is CCCCCCC/C=C\C/C=C\CCCCCCCCCCCCCCCCCC(=O)NC(COC1OC(CO)C(OC2OC(CO)C(O)C(O)C2O)C(O)C1O)C(O)CCCCCCCCCCCCC. The normalized spacial score (nSPS) is 25.7. The van der Waals surface area contributed by atoms with E-state index in [1.165, 1.54) is 161 Å². The van der Waals surface area contributed by atoms with Crippen molar-refractivity contribution in [1.82, 2.24) is 5.32 Å². The lowest BCUT2D eigenvalue weighted by Gasteiger charge is -2.46. The van der Waals surface area contributed by atoms with E-state index in [1.807, 2.05) is 0 Å². The van der Waals surface area contributed by atoms with Crippen LogP contribution in [-0.4, -0.2) is 140 Å². The van der Waals surface area contributed by atoms with Crippen LogP contribution >= 0.6 is 0 Å². The van der Waals surface area contributed by atoms with Gasteiger partial charge in [0.25, 0.3) is 0 Å². The first kappa shape index (κ1) is 66.6. The number of unbranched alkanes of at least 4 members (excludes halogenated alkanes) is 30. The Hall–Kier alpha value is -1.53. The fourth-order valence-corrected chi connectivity index (χ4v) is 9.86. The van der Waals surface area contributed by atoms with Crippen LogP contribution in [0.2, 0.25) is 0 Å². The quantitative estimate of drug-likeness (QED) is 0.0205. The third-order valence-electron chi connectivity index (χ3n) is 14.7. The highest BCUT2D eigenvalue weighted by Crippen LogP contribution is 2.30. The largest absolute Gasteiger partial charge is 0.394 e. The van der Waals surface area contributed by atoms with Crippen LogP contribution in [-0.2, 0) is 23.7 Å². The second-order valence-electron chi connectivity index (χ2n) is 21.1. The van der Waals surface area contributed by atoms with Gasteiger partial charge in [0, 0.05) is 6.42 Å². The average Bonchev–Trinajstić information content (AvgIpc) is 3.38. The number of amides is 1. The summed E-state index contributed by atoms with van der Waals surface area (Å²) in [5.74, 6) is -0.206. The molecule has 2 fully saturated rings. The predicted octanol–water partition coefficient (Wildman–Crippen LogP) is 9.67. The molecule has 14 heteroatoms. The van der Waals surface area contributed by atoms with E-state index in [-0.39, 0.29) is 12.5 Å². The van der Waals surface area contributed by atoms with Gasteiger partial charge in [-0.15, -0.1) is 0 Å². The Morgan fingerprint density at radius 2 is 0.917 bits per heavy atom. The van der Waals surface area contributed by atoms with Gasteiger partial charge in [0.1, 0.15) is 48.8 Å². The molecule has 0 saturated carbocycles. The third-order valence-corrected chi connectivity index (χ3v) is 14.7. The summed E-state index contributed by atoms with van der Waals surface area (Å²) in [7, 11) is 0. The number of nitrogens with one attached hydrogen (secondary N) is 1. The molecular formula is C58H109NO13. The van der Waals surface area contributed by atoms with Crippen LogP contribution in [0.4, 0.5) is 0 Å². The minimum absolute atomic E-state index is 0.206. The van der Waals surface area contributed by atoms with Gasteiger partial charge in [0.05, 0.1) is 32.0 Å². The lowest BCUT2D eigenvalue weighted by molar-refractivity contribution is -0.359. The summed E-state index contributed by atoms with van der Waals surface area (Å²) in [5.41, 5.74) is 0. The number of ether oxygens (including phenoxy) is 4. The van der Waals surface area contributed by atoms with Gasteiger partial charge in [-0.1, -0.05) is 218 Å². The van der Waals surface area contributed by atoms with E-state index in [0.717, 1.165) is 57.8 Å². The van der Waals surface area contributed by atoms with Gasteiger partial charge in [-0.3, -0.25) is 4.79 Å². The molecule has 2 heterocycles. The molecule has 14 nitrogen and oxygen atoms in total. The maximum atomic E-state index is 13.2. The van der Waals surface area contributed by atoms with Crippen LogP contribution < -0.4 is 5.32 Å². The number of carbonyl (C=O) groups excluding carboxylic acids is 1. The van der Waals surface area contributed by atoms with E-state index in [9.17, 15) is 45.6 Å². The zero-order valence-corrected chi connectivity index (χ0v) is 45.4. The van der Waals surface area contributed by atoms with E-state index in [2.05, 4.69) is 43.5 Å². The van der Waals surface area contributed by atoms with Crippen molar-refractivity contribution in [2.75, 3.05) is 19.8 Å². The maximum absolute atomic E-state index is 13.2. The molecule has 0 aliphatic carbocycles.